The van der Waals surface area contributed by atoms with E-state index in [0.29, 0.717) is 19.0 Å². The van der Waals surface area contributed by atoms with E-state index in [1.807, 2.05) is 0 Å². The Bertz CT molecular complexity index is 1130. The summed E-state index contributed by atoms with van der Waals surface area (Å²) in [6, 6.07) is 0.0833. The van der Waals surface area contributed by atoms with Gasteiger partial charge in [-0.15, -0.1) is 0 Å². The molecule has 2 atom stereocenters. The molecule has 3 fully saturated rings. The van der Waals surface area contributed by atoms with Crippen LogP contribution in [0.4, 0.5) is 14.5 Å². The fourth-order valence-electron chi connectivity index (χ4n) is 5.04. The van der Waals surface area contributed by atoms with Gasteiger partial charge < -0.3 is 19.9 Å². The Morgan fingerprint density at radius 2 is 2.00 bits per heavy atom. The molecule has 2 saturated heterocycles. The minimum absolute atomic E-state index is 0.0263. The molecular formula is C22H23F2N3O3. The number of carboxylic acids is 1. The van der Waals surface area contributed by atoms with Gasteiger partial charge in [0.15, 0.2) is 11.6 Å². The summed E-state index contributed by atoms with van der Waals surface area (Å²) in [5, 5.41) is 12.6. The Balaban J connectivity index is 1.79. The lowest BCUT2D eigenvalue weighted by Crippen LogP contribution is -2.40. The van der Waals surface area contributed by atoms with Gasteiger partial charge in [-0.1, -0.05) is 12.7 Å². The fraction of sp³-hybridized carbons (Fsp3) is 0.455. The first kappa shape index (κ1) is 19.2. The van der Waals surface area contributed by atoms with E-state index < -0.39 is 28.6 Å². The molecule has 158 valence electrons. The number of anilines is 1. The molecular weight excluding hydrogens is 392 g/mol. The maximum Gasteiger partial charge on any atom is 0.341 e. The van der Waals surface area contributed by atoms with Crippen molar-refractivity contribution in [2.45, 2.75) is 37.8 Å². The number of carbonyl (C=O) groups is 1. The van der Waals surface area contributed by atoms with Crippen molar-refractivity contribution in [3.63, 3.8) is 0 Å². The predicted octanol–water partition coefficient (Wildman–Crippen LogP) is 3.14. The highest BCUT2D eigenvalue weighted by Gasteiger charge is 2.38. The van der Waals surface area contributed by atoms with Crippen molar-refractivity contribution in [2.75, 3.05) is 24.5 Å². The molecule has 1 saturated carbocycles. The van der Waals surface area contributed by atoms with Crippen molar-refractivity contribution >= 4 is 28.6 Å². The number of aromatic carboxylic acids is 1. The van der Waals surface area contributed by atoms with Gasteiger partial charge >= 0.3 is 5.97 Å². The molecule has 3 aliphatic rings. The van der Waals surface area contributed by atoms with Gasteiger partial charge in [0.05, 0.1) is 10.9 Å². The first-order valence-corrected chi connectivity index (χ1v) is 10.4. The molecule has 0 amide bonds. The van der Waals surface area contributed by atoms with E-state index in [9.17, 15) is 14.7 Å². The summed E-state index contributed by atoms with van der Waals surface area (Å²) in [4.78, 5) is 26.2. The molecule has 0 spiro atoms. The molecule has 6 nitrogen and oxygen atoms in total. The zero-order chi connectivity index (χ0) is 21.2. The van der Waals surface area contributed by atoms with Crippen LogP contribution in [0.1, 0.15) is 47.6 Å². The number of halogens is 2. The molecule has 30 heavy (non-hydrogen) atoms. The minimum atomic E-state index is -1.41. The molecule has 0 unspecified atom stereocenters. The third kappa shape index (κ3) is 2.77. The maximum absolute atomic E-state index is 15.9. The van der Waals surface area contributed by atoms with Crippen LogP contribution in [0.2, 0.25) is 0 Å². The second-order valence-electron chi connectivity index (χ2n) is 8.50. The molecule has 0 bridgehead atoms. The van der Waals surface area contributed by atoms with Crippen LogP contribution >= 0.6 is 0 Å². The van der Waals surface area contributed by atoms with Crippen LogP contribution in [0.5, 0.6) is 0 Å². The summed E-state index contributed by atoms with van der Waals surface area (Å²) in [6.45, 7) is 5.55. The average Bonchev–Trinajstić information content (AvgIpc) is 3.47. The third-order valence-corrected chi connectivity index (χ3v) is 6.65. The van der Waals surface area contributed by atoms with E-state index in [-0.39, 0.29) is 34.2 Å². The third-order valence-electron chi connectivity index (χ3n) is 6.65. The van der Waals surface area contributed by atoms with Crippen LogP contribution in [0.15, 0.2) is 17.6 Å². The number of benzene rings is 1. The lowest BCUT2D eigenvalue weighted by Gasteiger charge is -2.24. The zero-order valence-electron chi connectivity index (χ0n) is 16.5. The zero-order valence-corrected chi connectivity index (χ0v) is 16.5. The average molecular weight is 415 g/mol. The Morgan fingerprint density at radius 1 is 1.23 bits per heavy atom. The molecule has 8 heteroatoms. The standard InChI is InChI=1S/C22H23F2N3O3/c1-2-13-16-19(27(12-5-6-12)9-14(21(16)28)22(29)30)18(24)20(17(13)23)26-8-11-4-3-7-25-15(11)10-26/h2,9,11-12,15,25H,1,3-8,10H2,(H,29,30)/t11-,15+/m0/s1. The highest BCUT2D eigenvalue weighted by molar-refractivity contribution is 5.98. The van der Waals surface area contributed by atoms with Gasteiger partial charge in [-0.2, -0.15) is 0 Å². The SMILES string of the molecule is C=Cc1c(F)c(N2C[C@@H]3CCCN[C@@H]3C2)c(F)c2c1c(=O)c(C(=O)O)cn2C1CC1. The number of carboxylic acid groups (broad SMARTS) is 1. The van der Waals surface area contributed by atoms with Crippen molar-refractivity contribution in [1.82, 2.24) is 9.88 Å². The largest absolute Gasteiger partial charge is 0.477 e. The van der Waals surface area contributed by atoms with Gasteiger partial charge in [0.2, 0.25) is 5.43 Å². The topological polar surface area (TPSA) is 74.6 Å². The fourth-order valence-corrected chi connectivity index (χ4v) is 5.04. The second kappa shape index (κ2) is 6.91. The molecule has 1 aliphatic carbocycles. The second-order valence-corrected chi connectivity index (χ2v) is 8.50. The number of pyridine rings is 1. The molecule has 1 aromatic heterocycles. The monoisotopic (exact) mass is 415 g/mol. The van der Waals surface area contributed by atoms with Crippen LogP contribution in [0.25, 0.3) is 17.0 Å². The molecule has 1 aromatic carbocycles. The summed E-state index contributed by atoms with van der Waals surface area (Å²) in [7, 11) is 0. The first-order valence-electron chi connectivity index (χ1n) is 10.4. The van der Waals surface area contributed by atoms with Crippen molar-refractivity contribution in [2.24, 2.45) is 5.92 Å². The summed E-state index contributed by atoms with van der Waals surface area (Å²) in [5.74, 6) is -2.74. The molecule has 0 radical (unpaired) electrons. The van der Waals surface area contributed by atoms with E-state index in [0.717, 1.165) is 32.2 Å². The Hall–Kier alpha value is -2.74. The highest BCUT2D eigenvalue weighted by atomic mass is 19.1. The van der Waals surface area contributed by atoms with Crippen LogP contribution in [-0.2, 0) is 0 Å². The van der Waals surface area contributed by atoms with Crippen LogP contribution in [-0.4, -0.2) is 41.3 Å². The maximum atomic E-state index is 15.9. The lowest BCUT2D eigenvalue weighted by molar-refractivity contribution is 0.0695. The molecule has 5 rings (SSSR count). The smallest absolute Gasteiger partial charge is 0.341 e. The van der Waals surface area contributed by atoms with E-state index in [2.05, 4.69) is 11.9 Å². The van der Waals surface area contributed by atoms with E-state index in [4.69, 9.17) is 0 Å². The van der Waals surface area contributed by atoms with Crippen molar-refractivity contribution in [3.8, 4) is 0 Å². The van der Waals surface area contributed by atoms with Crippen LogP contribution < -0.4 is 15.6 Å². The van der Waals surface area contributed by atoms with E-state index in [1.165, 1.54) is 16.8 Å². The summed E-state index contributed by atoms with van der Waals surface area (Å²) < 4.78 is 33.0. The van der Waals surface area contributed by atoms with Crippen LogP contribution in [0, 0.1) is 17.6 Å². The van der Waals surface area contributed by atoms with Gasteiger partial charge in [-0.25, -0.2) is 13.6 Å². The summed E-state index contributed by atoms with van der Waals surface area (Å²) in [6.07, 6.45) is 5.94. The number of hydrogen-bond acceptors (Lipinski definition) is 4. The number of nitrogens with one attached hydrogen (secondary N) is 1. The Morgan fingerprint density at radius 3 is 2.63 bits per heavy atom. The number of aromatic nitrogens is 1. The quantitative estimate of drug-likeness (QED) is 0.803. The number of piperidine rings is 1. The molecule has 2 N–H and O–H groups in total. The normalized spacial score (nSPS) is 23.6. The van der Waals surface area contributed by atoms with Crippen molar-refractivity contribution in [3.05, 3.63) is 45.8 Å². The first-order chi connectivity index (χ1) is 14.4. The molecule has 2 aromatic rings. The lowest BCUT2D eigenvalue weighted by atomic mass is 9.94. The number of rotatable bonds is 4. The number of nitrogens with zero attached hydrogens (tertiary/aromatic N) is 2. The van der Waals surface area contributed by atoms with Gasteiger partial charge in [0, 0.05) is 36.9 Å². The molecule has 3 heterocycles. The molecule has 2 aliphatic heterocycles. The van der Waals surface area contributed by atoms with Gasteiger partial charge in [-0.3, -0.25) is 4.79 Å². The van der Waals surface area contributed by atoms with Gasteiger partial charge in [-0.05, 0) is 38.1 Å². The summed E-state index contributed by atoms with van der Waals surface area (Å²) in [5.41, 5.74) is -1.68. The van der Waals surface area contributed by atoms with Crippen molar-refractivity contribution < 1.29 is 18.7 Å². The Labute approximate surface area is 171 Å². The summed E-state index contributed by atoms with van der Waals surface area (Å²) >= 11 is 0. The van der Waals surface area contributed by atoms with E-state index in [1.54, 1.807) is 4.90 Å². The predicted molar refractivity (Wildman–Crippen MR) is 110 cm³/mol. The number of hydrogen-bond donors (Lipinski definition) is 2. The minimum Gasteiger partial charge on any atom is -0.477 e. The van der Waals surface area contributed by atoms with Gasteiger partial charge in [0.25, 0.3) is 0 Å². The van der Waals surface area contributed by atoms with Crippen LogP contribution in [0.3, 0.4) is 0 Å². The van der Waals surface area contributed by atoms with E-state index >= 15 is 8.78 Å². The highest BCUT2D eigenvalue weighted by Crippen LogP contribution is 2.42. The number of fused-ring (bicyclic) bond motifs is 2. The van der Waals surface area contributed by atoms with Crippen molar-refractivity contribution in [1.29, 1.82) is 0 Å². The van der Waals surface area contributed by atoms with Gasteiger partial charge in [0.1, 0.15) is 11.3 Å². The Kier molecular flexibility index (Phi) is 4.43.